The summed E-state index contributed by atoms with van der Waals surface area (Å²) in [5.74, 6) is 0.337. The van der Waals surface area contributed by atoms with Gasteiger partial charge in [0.2, 0.25) is 0 Å². The second-order valence-electron chi connectivity index (χ2n) is 2.84. The van der Waals surface area contributed by atoms with Gasteiger partial charge >= 0.3 is 0 Å². The summed E-state index contributed by atoms with van der Waals surface area (Å²) in [6.45, 7) is 0.559. The lowest BCUT2D eigenvalue weighted by molar-refractivity contribution is 0.402. The summed E-state index contributed by atoms with van der Waals surface area (Å²) >= 11 is 0. The van der Waals surface area contributed by atoms with Gasteiger partial charge in [0, 0.05) is 19.2 Å². The molecule has 0 aliphatic rings. The highest BCUT2D eigenvalue weighted by molar-refractivity contribution is 5.16. The number of pyridine rings is 1. The lowest BCUT2D eigenvalue weighted by Crippen LogP contribution is -2.20. The lowest BCUT2D eigenvalue weighted by atomic mass is 10.3. The lowest BCUT2D eigenvalue weighted by Gasteiger charge is -2.05. The van der Waals surface area contributed by atoms with Crippen LogP contribution in [-0.2, 0) is 6.54 Å². The van der Waals surface area contributed by atoms with E-state index in [-0.39, 0.29) is 5.56 Å². The summed E-state index contributed by atoms with van der Waals surface area (Å²) in [5, 5.41) is 8.35. The first-order valence-corrected chi connectivity index (χ1v) is 4.40. The Bertz CT molecular complexity index is 390. The molecule has 0 aliphatic heterocycles. The highest BCUT2D eigenvalue weighted by atomic mass is 16.5. The van der Waals surface area contributed by atoms with E-state index in [9.17, 15) is 4.79 Å². The van der Waals surface area contributed by atoms with E-state index >= 15 is 0 Å². The second kappa shape index (κ2) is 5.07. The third-order valence-corrected chi connectivity index (χ3v) is 1.89. The first-order valence-electron chi connectivity index (χ1n) is 4.40. The molecular weight excluding hydrogens is 180 g/mol. The molecule has 0 spiro atoms. The number of ether oxygens (including phenoxy) is 1. The minimum atomic E-state index is -0.145. The number of nitrogens with zero attached hydrogens (tertiary/aromatic N) is 2. The summed E-state index contributed by atoms with van der Waals surface area (Å²) in [7, 11) is 1.47. The molecule has 0 aliphatic carbocycles. The van der Waals surface area contributed by atoms with Crippen LogP contribution >= 0.6 is 0 Å². The first-order chi connectivity index (χ1) is 6.79. The molecule has 0 saturated carbocycles. The van der Waals surface area contributed by atoms with E-state index in [1.807, 2.05) is 6.07 Å². The molecule has 1 rings (SSSR count). The normalized spacial score (nSPS) is 9.43. The van der Waals surface area contributed by atoms with E-state index in [0.717, 1.165) is 0 Å². The Balaban J connectivity index is 2.78. The van der Waals surface area contributed by atoms with Gasteiger partial charge in [-0.25, -0.2) is 0 Å². The number of hydrogen-bond donors (Lipinski definition) is 0. The van der Waals surface area contributed by atoms with Crippen LogP contribution in [-0.4, -0.2) is 11.7 Å². The molecule has 0 N–H and O–H groups in total. The van der Waals surface area contributed by atoms with Crippen LogP contribution in [0, 0.1) is 11.3 Å². The maximum atomic E-state index is 11.5. The van der Waals surface area contributed by atoms with Crippen molar-refractivity contribution < 1.29 is 4.74 Å². The van der Waals surface area contributed by atoms with Crippen LogP contribution in [0.5, 0.6) is 5.75 Å². The minimum Gasteiger partial charge on any atom is -0.491 e. The van der Waals surface area contributed by atoms with Gasteiger partial charge in [-0.15, -0.1) is 0 Å². The maximum absolute atomic E-state index is 11.5. The van der Waals surface area contributed by atoms with Crippen LogP contribution in [0.2, 0.25) is 0 Å². The van der Waals surface area contributed by atoms with Gasteiger partial charge < -0.3 is 9.30 Å². The van der Waals surface area contributed by atoms with Gasteiger partial charge in [0.15, 0.2) is 5.75 Å². The molecule has 4 nitrogen and oxygen atoms in total. The average Bonchev–Trinajstić information content (AvgIpc) is 2.21. The number of rotatable bonds is 4. The summed E-state index contributed by atoms with van der Waals surface area (Å²) in [5.41, 5.74) is -0.145. The standard InChI is InChI=1S/C10H12N2O2/c1-14-9-5-4-8-12(10(9)13)7-3-2-6-11/h4-5,8H,2-3,7H2,1H3. The molecule has 14 heavy (non-hydrogen) atoms. The predicted molar refractivity (Wildman–Crippen MR) is 52.1 cm³/mol. The van der Waals surface area contributed by atoms with E-state index in [1.54, 1.807) is 22.9 Å². The van der Waals surface area contributed by atoms with E-state index in [2.05, 4.69) is 0 Å². The van der Waals surface area contributed by atoms with Crippen LogP contribution in [0.3, 0.4) is 0 Å². The van der Waals surface area contributed by atoms with E-state index in [0.29, 0.717) is 25.1 Å². The molecule has 74 valence electrons. The monoisotopic (exact) mass is 192 g/mol. The Kier molecular flexibility index (Phi) is 3.74. The third-order valence-electron chi connectivity index (χ3n) is 1.89. The number of unbranched alkanes of at least 4 members (excludes halogenated alkanes) is 1. The third kappa shape index (κ3) is 2.36. The Labute approximate surface area is 82.4 Å². The fourth-order valence-electron chi connectivity index (χ4n) is 1.17. The molecule has 0 atom stereocenters. The summed E-state index contributed by atoms with van der Waals surface area (Å²) in [6.07, 6.45) is 2.84. The number of methoxy groups -OCH3 is 1. The molecule has 1 aromatic rings. The minimum absolute atomic E-state index is 0.145. The summed E-state index contributed by atoms with van der Waals surface area (Å²) < 4.78 is 6.45. The highest BCUT2D eigenvalue weighted by Gasteiger charge is 2.01. The van der Waals surface area contributed by atoms with Crippen molar-refractivity contribution in [3.05, 3.63) is 28.7 Å². The van der Waals surface area contributed by atoms with Crippen molar-refractivity contribution in [3.63, 3.8) is 0 Å². The van der Waals surface area contributed by atoms with Gasteiger partial charge in [-0.2, -0.15) is 5.26 Å². The van der Waals surface area contributed by atoms with Crippen molar-refractivity contribution in [1.29, 1.82) is 5.26 Å². The molecule has 0 amide bonds. The SMILES string of the molecule is COc1cccn(CCCC#N)c1=O. The molecule has 1 heterocycles. The summed E-state index contributed by atoms with van der Waals surface area (Å²) in [4.78, 5) is 11.5. The van der Waals surface area contributed by atoms with Crippen LogP contribution in [0.4, 0.5) is 0 Å². The van der Waals surface area contributed by atoms with Gasteiger partial charge in [-0.3, -0.25) is 4.79 Å². The Morgan fingerprint density at radius 1 is 1.64 bits per heavy atom. The molecule has 1 aromatic heterocycles. The van der Waals surface area contributed by atoms with Crippen LogP contribution in [0.1, 0.15) is 12.8 Å². The van der Waals surface area contributed by atoms with E-state index in [4.69, 9.17) is 10.00 Å². The number of hydrogen-bond acceptors (Lipinski definition) is 3. The van der Waals surface area contributed by atoms with E-state index in [1.165, 1.54) is 7.11 Å². The molecule has 0 saturated heterocycles. The predicted octanol–water partition coefficient (Wildman–Crippen LogP) is 1.16. The van der Waals surface area contributed by atoms with Gasteiger partial charge in [0.25, 0.3) is 5.56 Å². The van der Waals surface area contributed by atoms with Crippen molar-refractivity contribution >= 4 is 0 Å². The van der Waals surface area contributed by atoms with Gasteiger partial charge in [0.05, 0.1) is 13.2 Å². The van der Waals surface area contributed by atoms with Gasteiger partial charge in [-0.1, -0.05) is 0 Å². The molecular formula is C10H12N2O2. The van der Waals surface area contributed by atoms with Crippen molar-refractivity contribution in [2.24, 2.45) is 0 Å². The van der Waals surface area contributed by atoms with Crippen molar-refractivity contribution in [2.45, 2.75) is 19.4 Å². The quantitative estimate of drug-likeness (QED) is 0.672. The van der Waals surface area contributed by atoms with Crippen LogP contribution in [0.25, 0.3) is 0 Å². The van der Waals surface area contributed by atoms with Crippen molar-refractivity contribution in [2.75, 3.05) is 7.11 Å². The zero-order valence-electron chi connectivity index (χ0n) is 8.06. The Hall–Kier alpha value is -1.76. The largest absolute Gasteiger partial charge is 0.491 e. The topological polar surface area (TPSA) is 55.0 Å². The van der Waals surface area contributed by atoms with Crippen molar-refractivity contribution in [1.82, 2.24) is 4.57 Å². The fraction of sp³-hybridized carbons (Fsp3) is 0.400. The molecule has 0 aromatic carbocycles. The van der Waals surface area contributed by atoms with Gasteiger partial charge in [-0.05, 0) is 18.6 Å². The second-order valence-corrected chi connectivity index (χ2v) is 2.84. The number of aromatic nitrogens is 1. The molecule has 0 bridgehead atoms. The average molecular weight is 192 g/mol. The van der Waals surface area contributed by atoms with Gasteiger partial charge in [0.1, 0.15) is 0 Å². The number of aryl methyl sites for hydroxylation is 1. The maximum Gasteiger partial charge on any atom is 0.292 e. The van der Waals surface area contributed by atoms with Crippen molar-refractivity contribution in [3.8, 4) is 11.8 Å². The zero-order valence-corrected chi connectivity index (χ0v) is 8.06. The Morgan fingerprint density at radius 2 is 2.43 bits per heavy atom. The van der Waals surface area contributed by atoms with Crippen LogP contribution < -0.4 is 10.3 Å². The first kappa shape index (κ1) is 10.3. The zero-order chi connectivity index (χ0) is 10.4. The molecule has 0 radical (unpaired) electrons. The molecule has 0 unspecified atom stereocenters. The van der Waals surface area contributed by atoms with Crippen LogP contribution in [0.15, 0.2) is 23.1 Å². The molecule has 4 heteroatoms. The fourth-order valence-corrected chi connectivity index (χ4v) is 1.17. The Morgan fingerprint density at radius 3 is 3.07 bits per heavy atom. The van der Waals surface area contributed by atoms with E-state index < -0.39 is 0 Å². The smallest absolute Gasteiger partial charge is 0.292 e. The molecule has 0 fully saturated rings. The number of nitriles is 1. The highest BCUT2D eigenvalue weighted by Crippen LogP contribution is 2.01. The summed E-state index contributed by atoms with van der Waals surface area (Å²) in [6, 6.07) is 5.42.